The fraction of sp³-hybridized carbons (Fsp3) is 0.533. The van der Waals surface area contributed by atoms with E-state index < -0.39 is 12.0 Å². The number of pyridine rings is 1. The van der Waals surface area contributed by atoms with Crippen LogP contribution >= 0.6 is 0 Å². The average Bonchev–Trinajstić information content (AvgIpc) is 3.70. The second kappa shape index (κ2) is 11.3. The van der Waals surface area contributed by atoms with Gasteiger partial charge in [-0.3, -0.25) is 14.4 Å². The molecule has 5 rings (SSSR count). The van der Waals surface area contributed by atoms with E-state index in [1.165, 1.54) is 12.8 Å². The van der Waals surface area contributed by atoms with Crippen LogP contribution < -0.4 is 21.3 Å². The number of anilines is 2. The van der Waals surface area contributed by atoms with Crippen molar-refractivity contribution in [2.24, 2.45) is 17.6 Å². The van der Waals surface area contributed by atoms with Crippen LogP contribution in [0.2, 0.25) is 0 Å². The van der Waals surface area contributed by atoms with Gasteiger partial charge in [-0.15, -0.1) is 0 Å². The molecule has 1 aliphatic carbocycles. The van der Waals surface area contributed by atoms with E-state index in [2.05, 4.69) is 20.5 Å². The van der Waals surface area contributed by atoms with E-state index in [0.717, 1.165) is 38.0 Å². The standard InChI is InChI=1S/C30H39N5O4/c1-17(2)26(36)14-27(37)20-6-10-28(33-16-20)35-22-7-8-23(35)13-21(12-22)34-30(39)19-5-9-24(29(31)38)25(11-19)32-15-18-3-4-18/h5-6,9-11,16-18,21-23,26,32,36H,3-4,7-8,12-15H2,1-2H3,(H2,31,38)(H,34,39)/t21-,22+,23-,26?. The Hall–Kier alpha value is -3.46. The molecule has 2 aromatic rings. The summed E-state index contributed by atoms with van der Waals surface area (Å²) in [4.78, 5) is 44.5. The predicted octanol–water partition coefficient (Wildman–Crippen LogP) is 3.52. The molecule has 0 spiro atoms. The van der Waals surface area contributed by atoms with Crippen molar-refractivity contribution in [2.75, 3.05) is 16.8 Å². The molecule has 3 heterocycles. The third-order valence-electron chi connectivity index (χ3n) is 8.39. The van der Waals surface area contributed by atoms with Gasteiger partial charge in [-0.1, -0.05) is 13.8 Å². The molecule has 5 N–H and O–H groups in total. The van der Waals surface area contributed by atoms with Crippen LogP contribution in [0, 0.1) is 11.8 Å². The number of carbonyl (C=O) groups is 3. The molecule has 2 bridgehead atoms. The Bertz CT molecular complexity index is 1210. The lowest BCUT2D eigenvalue weighted by atomic mass is 9.96. The summed E-state index contributed by atoms with van der Waals surface area (Å²) in [5.41, 5.74) is 7.59. The number of primary amides is 1. The Morgan fingerprint density at radius 1 is 1.05 bits per heavy atom. The minimum Gasteiger partial charge on any atom is -0.392 e. The Morgan fingerprint density at radius 2 is 1.74 bits per heavy atom. The number of aromatic nitrogens is 1. The molecule has 1 saturated carbocycles. The number of piperidine rings is 1. The molecule has 1 aromatic heterocycles. The van der Waals surface area contributed by atoms with Gasteiger partial charge in [0.25, 0.3) is 11.8 Å². The summed E-state index contributed by atoms with van der Waals surface area (Å²) >= 11 is 0. The van der Waals surface area contributed by atoms with Crippen molar-refractivity contribution >= 4 is 29.1 Å². The number of nitrogens with zero attached hydrogens (tertiary/aromatic N) is 2. The van der Waals surface area contributed by atoms with Gasteiger partial charge < -0.3 is 26.4 Å². The number of aliphatic hydroxyl groups is 1. The average molecular weight is 534 g/mol. The first-order chi connectivity index (χ1) is 18.7. The first kappa shape index (κ1) is 27.1. The number of benzene rings is 1. The molecule has 4 atom stereocenters. The van der Waals surface area contributed by atoms with Crippen LogP contribution in [0.15, 0.2) is 36.5 Å². The lowest BCUT2D eigenvalue weighted by Crippen LogP contribution is -2.50. The summed E-state index contributed by atoms with van der Waals surface area (Å²) < 4.78 is 0. The van der Waals surface area contributed by atoms with Crippen LogP contribution in [-0.4, -0.2) is 58.5 Å². The molecule has 1 unspecified atom stereocenters. The molecule has 3 aliphatic rings. The first-order valence-electron chi connectivity index (χ1n) is 14.1. The normalized spacial score (nSPS) is 23.0. The van der Waals surface area contributed by atoms with Crippen molar-refractivity contribution < 1.29 is 19.5 Å². The lowest BCUT2D eigenvalue weighted by molar-refractivity contribution is 0.0789. The van der Waals surface area contributed by atoms with Crippen molar-refractivity contribution in [3.8, 4) is 0 Å². The van der Waals surface area contributed by atoms with Gasteiger partial charge in [0.15, 0.2) is 5.78 Å². The maximum absolute atomic E-state index is 13.2. The third-order valence-corrected chi connectivity index (χ3v) is 8.39. The Kier molecular flexibility index (Phi) is 7.88. The Balaban J connectivity index is 1.21. The summed E-state index contributed by atoms with van der Waals surface area (Å²) in [6.45, 7) is 4.56. The van der Waals surface area contributed by atoms with Gasteiger partial charge in [-0.05, 0) is 80.7 Å². The molecule has 39 heavy (non-hydrogen) atoms. The molecular formula is C30H39N5O4. The van der Waals surface area contributed by atoms with Gasteiger partial charge >= 0.3 is 0 Å². The molecule has 9 heteroatoms. The van der Waals surface area contributed by atoms with Crippen LogP contribution in [0.4, 0.5) is 11.5 Å². The summed E-state index contributed by atoms with van der Waals surface area (Å²) in [5.74, 6) is 0.731. The SMILES string of the molecule is CC(C)C(O)CC(=O)c1ccc(N2[C@@H]3CC[C@H]2C[C@@H](NC(=O)c2ccc(C(N)=O)c(NCC4CC4)c2)C3)nc1. The van der Waals surface area contributed by atoms with Crippen LogP contribution in [0.3, 0.4) is 0 Å². The second-order valence-corrected chi connectivity index (χ2v) is 11.7. The Morgan fingerprint density at radius 3 is 2.33 bits per heavy atom. The number of nitrogens with two attached hydrogens (primary N) is 1. The number of ketones is 1. The van der Waals surface area contributed by atoms with Crippen molar-refractivity contribution in [2.45, 2.75) is 83.0 Å². The summed E-state index contributed by atoms with van der Waals surface area (Å²) in [6, 6.07) is 9.29. The van der Waals surface area contributed by atoms with Crippen molar-refractivity contribution in [3.05, 3.63) is 53.2 Å². The van der Waals surface area contributed by atoms with Gasteiger partial charge in [0.1, 0.15) is 5.82 Å². The van der Waals surface area contributed by atoms with E-state index >= 15 is 0 Å². The van der Waals surface area contributed by atoms with Gasteiger partial charge in [-0.2, -0.15) is 0 Å². The van der Waals surface area contributed by atoms with Crippen LogP contribution in [0.1, 0.15) is 89.9 Å². The van der Waals surface area contributed by atoms with E-state index in [1.54, 1.807) is 30.5 Å². The lowest BCUT2D eigenvalue weighted by Gasteiger charge is -2.40. The smallest absolute Gasteiger partial charge is 0.251 e. The molecule has 9 nitrogen and oxygen atoms in total. The number of aliphatic hydroxyl groups excluding tert-OH is 1. The summed E-state index contributed by atoms with van der Waals surface area (Å²) in [5, 5.41) is 16.6. The number of hydrogen-bond donors (Lipinski definition) is 4. The van der Waals surface area contributed by atoms with Crippen LogP contribution in [-0.2, 0) is 0 Å². The first-order valence-corrected chi connectivity index (χ1v) is 14.1. The van der Waals surface area contributed by atoms with Crippen molar-refractivity contribution in [3.63, 3.8) is 0 Å². The van der Waals surface area contributed by atoms with Crippen molar-refractivity contribution in [1.82, 2.24) is 10.3 Å². The molecule has 208 valence electrons. The van der Waals surface area contributed by atoms with E-state index in [4.69, 9.17) is 5.73 Å². The number of carbonyl (C=O) groups excluding carboxylic acids is 3. The highest BCUT2D eigenvalue weighted by Crippen LogP contribution is 2.39. The molecule has 0 radical (unpaired) electrons. The maximum Gasteiger partial charge on any atom is 0.251 e. The highest BCUT2D eigenvalue weighted by molar-refractivity contribution is 6.02. The zero-order valence-corrected chi connectivity index (χ0v) is 22.7. The third kappa shape index (κ3) is 6.24. The topological polar surface area (TPSA) is 138 Å². The number of nitrogens with one attached hydrogen (secondary N) is 2. The van der Waals surface area contributed by atoms with Gasteiger partial charge in [0.2, 0.25) is 0 Å². The molecule has 3 fully saturated rings. The highest BCUT2D eigenvalue weighted by atomic mass is 16.3. The predicted molar refractivity (Wildman–Crippen MR) is 150 cm³/mol. The molecular weight excluding hydrogens is 494 g/mol. The summed E-state index contributed by atoms with van der Waals surface area (Å²) in [7, 11) is 0. The van der Waals surface area contributed by atoms with E-state index in [0.29, 0.717) is 28.3 Å². The minimum atomic E-state index is -0.658. The molecule has 2 amide bonds. The Labute approximate surface area is 229 Å². The quantitative estimate of drug-likeness (QED) is 0.324. The minimum absolute atomic E-state index is 0.0270. The highest BCUT2D eigenvalue weighted by Gasteiger charge is 2.42. The number of rotatable bonds is 11. The van der Waals surface area contributed by atoms with Gasteiger partial charge in [0.05, 0.1) is 11.7 Å². The van der Waals surface area contributed by atoms with Gasteiger partial charge in [-0.25, -0.2) is 4.98 Å². The van der Waals surface area contributed by atoms with E-state index in [9.17, 15) is 19.5 Å². The van der Waals surface area contributed by atoms with Gasteiger partial charge in [0, 0.05) is 54.1 Å². The van der Waals surface area contributed by atoms with E-state index in [-0.39, 0.29) is 42.2 Å². The number of fused-ring (bicyclic) bond motifs is 2. The maximum atomic E-state index is 13.2. The zero-order chi connectivity index (χ0) is 27.7. The molecule has 1 aromatic carbocycles. The fourth-order valence-electron chi connectivity index (χ4n) is 5.81. The largest absolute Gasteiger partial charge is 0.392 e. The second-order valence-electron chi connectivity index (χ2n) is 11.7. The number of amides is 2. The summed E-state index contributed by atoms with van der Waals surface area (Å²) in [6.07, 6.45) is 7.11. The van der Waals surface area contributed by atoms with E-state index in [1.807, 2.05) is 19.9 Å². The van der Waals surface area contributed by atoms with Crippen molar-refractivity contribution in [1.29, 1.82) is 0 Å². The number of hydrogen-bond acceptors (Lipinski definition) is 7. The zero-order valence-electron chi connectivity index (χ0n) is 22.7. The van der Waals surface area contributed by atoms with Crippen LogP contribution in [0.25, 0.3) is 0 Å². The fourth-order valence-corrected chi connectivity index (χ4v) is 5.81. The monoisotopic (exact) mass is 533 g/mol. The van der Waals surface area contributed by atoms with Crippen LogP contribution in [0.5, 0.6) is 0 Å². The molecule has 2 aliphatic heterocycles. The number of Topliss-reactive ketones (excluding diaryl/α,β-unsaturated/α-hetero) is 1. The molecule has 2 saturated heterocycles.